The first-order chi connectivity index (χ1) is 12.5. The zero-order chi connectivity index (χ0) is 18.9. The third-order valence-electron chi connectivity index (χ3n) is 4.78. The van der Waals surface area contributed by atoms with Gasteiger partial charge in [-0.3, -0.25) is 4.99 Å². The molecular weight excluding hydrogens is 455 g/mol. The van der Waals surface area contributed by atoms with Crippen LogP contribution < -0.4 is 20.1 Å². The molecule has 154 valence electrons. The van der Waals surface area contributed by atoms with Gasteiger partial charge in [-0.25, -0.2) is 0 Å². The molecule has 1 aliphatic heterocycles. The second-order valence-corrected chi connectivity index (χ2v) is 7.11. The highest BCUT2D eigenvalue weighted by molar-refractivity contribution is 14.0. The summed E-state index contributed by atoms with van der Waals surface area (Å²) in [5.74, 6) is 2.51. The van der Waals surface area contributed by atoms with Gasteiger partial charge in [0.15, 0.2) is 5.96 Å². The second-order valence-electron chi connectivity index (χ2n) is 7.11. The summed E-state index contributed by atoms with van der Waals surface area (Å²) in [4.78, 5) is 6.87. The molecule has 0 radical (unpaired) electrons. The molecule has 1 aromatic rings. The summed E-state index contributed by atoms with van der Waals surface area (Å²) in [5.41, 5.74) is 0. The van der Waals surface area contributed by atoms with Gasteiger partial charge in [0.05, 0.1) is 13.7 Å². The van der Waals surface area contributed by atoms with E-state index in [-0.39, 0.29) is 30.1 Å². The highest BCUT2D eigenvalue weighted by Gasteiger charge is 2.21. The summed E-state index contributed by atoms with van der Waals surface area (Å²) in [6.07, 6.45) is 2.33. The van der Waals surface area contributed by atoms with Gasteiger partial charge < -0.3 is 25.0 Å². The van der Waals surface area contributed by atoms with E-state index in [0.717, 1.165) is 43.4 Å². The lowest BCUT2D eigenvalue weighted by Gasteiger charge is -2.35. The summed E-state index contributed by atoms with van der Waals surface area (Å²) in [5, 5.41) is 6.91. The maximum atomic E-state index is 5.93. The van der Waals surface area contributed by atoms with E-state index in [1.165, 1.54) is 0 Å². The number of benzene rings is 1. The van der Waals surface area contributed by atoms with Crippen LogP contribution in [0.2, 0.25) is 0 Å². The predicted molar refractivity (Wildman–Crippen MR) is 123 cm³/mol. The topological polar surface area (TPSA) is 58.1 Å². The Balaban J connectivity index is 0.00000364. The Morgan fingerprint density at radius 1 is 1.15 bits per heavy atom. The zero-order valence-corrected chi connectivity index (χ0v) is 19.5. The molecule has 6 nitrogen and oxygen atoms in total. The van der Waals surface area contributed by atoms with Gasteiger partial charge in [0, 0.05) is 32.2 Å². The molecule has 0 aliphatic carbocycles. The van der Waals surface area contributed by atoms with E-state index in [1.807, 2.05) is 38.2 Å². The smallest absolute Gasteiger partial charge is 0.191 e. The molecule has 2 rings (SSSR count). The molecule has 0 saturated carbocycles. The highest BCUT2D eigenvalue weighted by atomic mass is 127. The average Bonchev–Trinajstić information content (AvgIpc) is 2.66. The van der Waals surface area contributed by atoms with Crippen LogP contribution in [0, 0.1) is 0 Å². The van der Waals surface area contributed by atoms with E-state index in [4.69, 9.17) is 9.47 Å². The van der Waals surface area contributed by atoms with Crippen LogP contribution >= 0.6 is 24.0 Å². The molecule has 1 aromatic carbocycles. The molecule has 1 atom stereocenters. The SMILES string of the molecule is CN=C(NCC(C)Oc1ccc(OC)cc1)NC1CCN(C(C)C)CC1.I. The Labute approximate surface area is 181 Å². The Hall–Kier alpha value is -1.22. The van der Waals surface area contributed by atoms with Crippen LogP contribution in [0.1, 0.15) is 33.6 Å². The van der Waals surface area contributed by atoms with Crippen molar-refractivity contribution in [2.45, 2.75) is 51.8 Å². The first-order valence-corrected chi connectivity index (χ1v) is 9.53. The molecule has 1 saturated heterocycles. The number of methoxy groups -OCH3 is 1. The van der Waals surface area contributed by atoms with Crippen LogP contribution in [0.5, 0.6) is 11.5 Å². The van der Waals surface area contributed by atoms with Gasteiger partial charge in [0.1, 0.15) is 17.6 Å². The third kappa shape index (κ3) is 8.13. The molecule has 0 amide bonds. The number of nitrogens with zero attached hydrogens (tertiary/aromatic N) is 2. The summed E-state index contributed by atoms with van der Waals surface area (Å²) in [6.45, 7) is 9.55. The summed E-state index contributed by atoms with van der Waals surface area (Å²) < 4.78 is 11.1. The normalized spacial score (nSPS) is 17.2. The minimum absolute atomic E-state index is 0. The van der Waals surface area contributed by atoms with E-state index >= 15 is 0 Å². The Morgan fingerprint density at radius 3 is 2.26 bits per heavy atom. The lowest BCUT2D eigenvalue weighted by molar-refractivity contribution is 0.167. The Morgan fingerprint density at radius 2 is 1.74 bits per heavy atom. The number of hydrogen-bond acceptors (Lipinski definition) is 4. The molecule has 7 heteroatoms. The number of rotatable bonds is 7. The van der Waals surface area contributed by atoms with Crippen molar-refractivity contribution in [1.82, 2.24) is 15.5 Å². The van der Waals surface area contributed by atoms with Crippen LogP contribution in [0.25, 0.3) is 0 Å². The molecule has 0 bridgehead atoms. The number of nitrogens with one attached hydrogen (secondary N) is 2. The molecule has 1 unspecified atom stereocenters. The molecular formula is C20H35IN4O2. The number of piperidine rings is 1. The van der Waals surface area contributed by atoms with Gasteiger partial charge in [-0.05, 0) is 57.9 Å². The van der Waals surface area contributed by atoms with Crippen molar-refractivity contribution in [3.63, 3.8) is 0 Å². The van der Waals surface area contributed by atoms with Gasteiger partial charge in [-0.2, -0.15) is 0 Å². The first kappa shape index (κ1) is 23.8. The number of likely N-dealkylation sites (tertiary alicyclic amines) is 1. The van der Waals surface area contributed by atoms with Crippen molar-refractivity contribution in [1.29, 1.82) is 0 Å². The van der Waals surface area contributed by atoms with Crippen molar-refractivity contribution >= 4 is 29.9 Å². The Bertz CT molecular complexity index is 558. The molecule has 1 aliphatic rings. The monoisotopic (exact) mass is 490 g/mol. The van der Waals surface area contributed by atoms with Crippen LogP contribution in [0.4, 0.5) is 0 Å². The number of halogens is 1. The molecule has 2 N–H and O–H groups in total. The van der Waals surface area contributed by atoms with Crippen molar-refractivity contribution < 1.29 is 9.47 Å². The number of guanidine groups is 1. The maximum absolute atomic E-state index is 5.93. The van der Waals surface area contributed by atoms with Crippen LogP contribution in [0.15, 0.2) is 29.3 Å². The lowest BCUT2D eigenvalue weighted by atomic mass is 10.0. The number of ether oxygens (including phenoxy) is 2. The maximum Gasteiger partial charge on any atom is 0.191 e. The number of hydrogen-bond donors (Lipinski definition) is 2. The van der Waals surface area contributed by atoms with Gasteiger partial charge in [0.2, 0.25) is 0 Å². The lowest BCUT2D eigenvalue weighted by Crippen LogP contribution is -2.50. The van der Waals surface area contributed by atoms with Crippen molar-refractivity contribution in [2.75, 3.05) is 33.8 Å². The second kappa shape index (κ2) is 12.3. The standard InChI is InChI=1S/C20H34N4O2.HI/c1-15(2)24-12-10-17(11-13-24)23-20(21-4)22-14-16(3)26-19-8-6-18(25-5)7-9-19;/h6-9,15-17H,10-14H2,1-5H3,(H2,21,22,23);1H. The van der Waals surface area contributed by atoms with E-state index in [0.29, 0.717) is 18.6 Å². The van der Waals surface area contributed by atoms with E-state index in [2.05, 4.69) is 34.4 Å². The zero-order valence-electron chi connectivity index (χ0n) is 17.2. The van der Waals surface area contributed by atoms with Crippen molar-refractivity contribution in [2.24, 2.45) is 4.99 Å². The van der Waals surface area contributed by atoms with E-state index < -0.39 is 0 Å². The highest BCUT2D eigenvalue weighted by Crippen LogP contribution is 2.18. The first-order valence-electron chi connectivity index (χ1n) is 9.53. The third-order valence-corrected chi connectivity index (χ3v) is 4.78. The summed E-state index contributed by atoms with van der Waals surface area (Å²) in [7, 11) is 3.47. The fraction of sp³-hybridized carbons (Fsp3) is 0.650. The van der Waals surface area contributed by atoms with Crippen molar-refractivity contribution in [3.8, 4) is 11.5 Å². The molecule has 1 heterocycles. The molecule has 0 aromatic heterocycles. The largest absolute Gasteiger partial charge is 0.497 e. The van der Waals surface area contributed by atoms with Crippen molar-refractivity contribution in [3.05, 3.63) is 24.3 Å². The minimum Gasteiger partial charge on any atom is -0.497 e. The van der Waals surface area contributed by atoms with Gasteiger partial charge in [0.25, 0.3) is 0 Å². The quantitative estimate of drug-likeness (QED) is 0.350. The summed E-state index contributed by atoms with van der Waals surface area (Å²) in [6, 6.07) is 8.76. The van der Waals surface area contributed by atoms with Gasteiger partial charge in [-0.1, -0.05) is 0 Å². The number of aliphatic imine (C=N–C) groups is 1. The fourth-order valence-electron chi connectivity index (χ4n) is 3.12. The van der Waals surface area contributed by atoms with Gasteiger partial charge >= 0.3 is 0 Å². The molecule has 0 spiro atoms. The van der Waals surface area contributed by atoms with Crippen LogP contribution in [-0.4, -0.2) is 62.8 Å². The van der Waals surface area contributed by atoms with E-state index in [9.17, 15) is 0 Å². The van der Waals surface area contributed by atoms with Crippen LogP contribution in [0.3, 0.4) is 0 Å². The predicted octanol–water partition coefficient (Wildman–Crippen LogP) is 3.12. The Kier molecular flexibility index (Phi) is 10.8. The van der Waals surface area contributed by atoms with Crippen LogP contribution in [-0.2, 0) is 0 Å². The van der Waals surface area contributed by atoms with E-state index in [1.54, 1.807) is 7.11 Å². The summed E-state index contributed by atoms with van der Waals surface area (Å²) >= 11 is 0. The fourth-order valence-corrected chi connectivity index (χ4v) is 3.12. The molecule has 1 fully saturated rings. The molecule has 27 heavy (non-hydrogen) atoms. The average molecular weight is 490 g/mol. The van der Waals surface area contributed by atoms with Gasteiger partial charge in [-0.15, -0.1) is 24.0 Å². The minimum atomic E-state index is 0.